The Kier molecular flexibility index (Phi) is 6.25. The first-order chi connectivity index (χ1) is 14.7. The molecule has 0 aliphatic rings. The molecule has 0 bridgehead atoms. The number of aryl methyl sites for hydroxylation is 1. The normalized spacial score (nSPS) is 11.6. The van der Waals surface area contributed by atoms with Crippen molar-refractivity contribution in [3.8, 4) is 11.9 Å². The van der Waals surface area contributed by atoms with Gasteiger partial charge in [0.15, 0.2) is 0 Å². The van der Waals surface area contributed by atoms with E-state index in [0.29, 0.717) is 6.42 Å². The molecule has 0 aliphatic heterocycles. The van der Waals surface area contributed by atoms with Crippen LogP contribution in [0.4, 0.5) is 18.9 Å². The highest BCUT2D eigenvalue weighted by Gasteiger charge is 2.30. The molecule has 1 N–H and O–H groups in total. The molecule has 0 unspecified atom stereocenters. The number of aromatic nitrogens is 1. The summed E-state index contributed by atoms with van der Waals surface area (Å²) < 4.78 is 39.8. The number of hydrogen-bond donors (Lipinski definition) is 1. The Balaban J connectivity index is 2.01. The summed E-state index contributed by atoms with van der Waals surface area (Å²) in [5, 5.41) is 20.1. The summed E-state index contributed by atoms with van der Waals surface area (Å²) in [7, 11) is 0. The Hall–Kier alpha value is -3.86. The molecule has 0 aliphatic carbocycles. The Bertz CT molecular complexity index is 1220. The van der Waals surface area contributed by atoms with Crippen LogP contribution in [-0.4, -0.2) is 15.9 Å². The number of pyridine rings is 1. The Morgan fingerprint density at radius 3 is 2.52 bits per heavy atom. The predicted octanol–water partition coefficient (Wildman–Crippen LogP) is 4.75. The Morgan fingerprint density at radius 1 is 1.16 bits per heavy atom. The lowest BCUT2D eigenvalue weighted by molar-refractivity contribution is -0.137. The molecule has 2 aromatic carbocycles. The lowest BCUT2D eigenvalue weighted by Crippen LogP contribution is -2.26. The van der Waals surface area contributed by atoms with Crippen LogP contribution in [0.2, 0.25) is 0 Å². The number of hydrogen-bond acceptors (Lipinski definition) is 4. The summed E-state index contributed by atoms with van der Waals surface area (Å²) in [6, 6.07) is 15.6. The second-order valence-electron chi connectivity index (χ2n) is 6.85. The zero-order chi connectivity index (χ0) is 22.6. The smallest absolute Gasteiger partial charge is 0.416 e. The van der Waals surface area contributed by atoms with Gasteiger partial charge in [-0.1, -0.05) is 36.4 Å². The van der Waals surface area contributed by atoms with Crippen LogP contribution in [0.1, 0.15) is 27.8 Å². The van der Waals surface area contributed by atoms with Crippen molar-refractivity contribution < 1.29 is 18.3 Å². The average molecular weight is 425 g/mol. The van der Waals surface area contributed by atoms with Crippen molar-refractivity contribution in [1.82, 2.24) is 4.57 Å². The summed E-state index contributed by atoms with van der Waals surface area (Å²) in [4.78, 5) is 16.7. The third kappa shape index (κ3) is 4.83. The number of aromatic hydroxyl groups is 1. The summed E-state index contributed by atoms with van der Waals surface area (Å²) >= 11 is 0. The van der Waals surface area contributed by atoms with Crippen LogP contribution in [0.15, 0.2) is 64.4 Å². The topological polar surface area (TPSA) is 78.4 Å². The van der Waals surface area contributed by atoms with Gasteiger partial charge in [-0.3, -0.25) is 14.4 Å². The van der Waals surface area contributed by atoms with Crippen molar-refractivity contribution in [3.05, 3.63) is 92.8 Å². The lowest BCUT2D eigenvalue weighted by atomic mass is 10.1. The zero-order valence-corrected chi connectivity index (χ0v) is 16.5. The highest BCUT2D eigenvalue weighted by atomic mass is 19.4. The highest BCUT2D eigenvalue weighted by molar-refractivity contribution is 5.87. The first-order valence-electron chi connectivity index (χ1n) is 9.34. The maximum Gasteiger partial charge on any atom is 0.416 e. The number of alkyl halides is 3. The molecule has 0 atom stereocenters. The summed E-state index contributed by atoms with van der Waals surface area (Å²) in [6.45, 7) is 1.60. The zero-order valence-electron chi connectivity index (χ0n) is 16.5. The molecule has 1 heterocycles. The maximum atomic E-state index is 12.9. The largest absolute Gasteiger partial charge is 0.494 e. The molecule has 31 heavy (non-hydrogen) atoms. The molecule has 0 saturated carbocycles. The van der Waals surface area contributed by atoms with Crippen molar-refractivity contribution in [3.63, 3.8) is 0 Å². The van der Waals surface area contributed by atoms with Gasteiger partial charge in [-0.2, -0.15) is 18.4 Å². The standard InChI is InChI=1S/C23H18F3N3O2/c1-15-19(13-27)21(30)29(11-10-16-6-3-2-4-7-16)22(31)20(15)14-28-18-9-5-8-17(12-18)23(24,25)26/h2-9,12,14,31H,10-11H2,1H3. The number of benzene rings is 2. The van der Waals surface area contributed by atoms with Crippen molar-refractivity contribution >= 4 is 11.9 Å². The Labute approximate surface area is 176 Å². The van der Waals surface area contributed by atoms with Gasteiger partial charge in [0.25, 0.3) is 5.56 Å². The summed E-state index contributed by atoms with van der Waals surface area (Å²) in [5.74, 6) is -0.395. The van der Waals surface area contributed by atoms with Gasteiger partial charge in [0.2, 0.25) is 5.88 Å². The van der Waals surface area contributed by atoms with E-state index >= 15 is 0 Å². The van der Waals surface area contributed by atoms with Crippen LogP contribution in [0.25, 0.3) is 0 Å². The second-order valence-corrected chi connectivity index (χ2v) is 6.85. The molecule has 0 amide bonds. The lowest BCUT2D eigenvalue weighted by Gasteiger charge is -2.14. The highest BCUT2D eigenvalue weighted by Crippen LogP contribution is 2.31. The predicted molar refractivity (Wildman–Crippen MR) is 111 cm³/mol. The van der Waals surface area contributed by atoms with E-state index in [1.807, 2.05) is 36.4 Å². The SMILES string of the molecule is Cc1c(C=Nc2cccc(C(F)(F)F)c2)c(O)n(CCc2ccccc2)c(=O)c1C#N. The fourth-order valence-electron chi connectivity index (χ4n) is 3.12. The van der Waals surface area contributed by atoms with Gasteiger partial charge >= 0.3 is 6.18 Å². The minimum absolute atomic E-state index is 0.0224. The van der Waals surface area contributed by atoms with E-state index in [1.165, 1.54) is 25.3 Å². The molecule has 158 valence electrons. The van der Waals surface area contributed by atoms with E-state index in [-0.39, 0.29) is 28.9 Å². The van der Waals surface area contributed by atoms with Crippen LogP contribution in [-0.2, 0) is 19.1 Å². The minimum Gasteiger partial charge on any atom is -0.494 e. The first-order valence-corrected chi connectivity index (χ1v) is 9.34. The second kappa shape index (κ2) is 8.88. The molecule has 0 radical (unpaired) electrons. The third-order valence-corrected chi connectivity index (χ3v) is 4.83. The molecular weight excluding hydrogens is 407 g/mol. The fraction of sp³-hybridized carbons (Fsp3) is 0.174. The average Bonchev–Trinajstić information content (AvgIpc) is 2.74. The molecule has 3 rings (SSSR count). The molecule has 3 aromatic rings. The molecule has 5 nitrogen and oxygen atoms in total. The number of aliphatic imine (C=N–C) groups is 1. The van der Waals surface area contributed by atoms with E-state index in [9.17, 15) is 28.3 Å². The molecule has 0 fully saturated rings. The van der Waals surface area contributed by atoms with Gasteiger partial charge in [0, 0.05) is 12.8 Å². The van der Waals surface area contributed by atoms with Gasteiger partial charge in [0.1, 0.15) is 11.6 Å². The van der Waals surface area contributed by atoms with Crippen LogP contribution in [0.5, 0.6) is 5.88 Å². The van der Waals surface area contributed by atoms with Gasteiger partial charge in [-0.25, -0.2) is 0 Å². The molecule has 0 saturated heterocycles. The number of rotatable bonds is 5. The third-order valence-electron chi connectivity index (χ3n) is 4.83. The monoisotopic (exact) mass is 425 g/mol. The number of halogens is 3. The van der Waals surface area contributed by atoms with Crippen molar-refractivity contribution in [1.29, 1.82) is 5.26 Å². The molecule has 0 spiro atoms. The van der Waals surface area contributed by atoms with E-state index in [2.05, 4.69) is 4.99 Å². The van der Waals surface area contributed by atoms with Crippen molar-refractivity contribution in [2.45, 2.75) is 26.1 Å². The molecule has 1 aromatic heterocycles. The van der Waals surface area contributed by atoms with Crippen LogP contribution in [0.3, 0.4) is 0 Å². The molecular formula is C23H18F3N3O2. The fourth-order valence-corrected chi connectivity index (χ4v) is 3.12. The van der Waals surface area contributed by atoms with Crippen LogP contribution < -0.4 is 5.56 Å². The van der Waals surface area contributed by atoms with Gasteiger partial charge in [0.05, 0.1) is 16.8 Å². The minimum atomic E-state index is -4.51. The first kappa shape index (κ1) is 21.8. The van der Waals surface area contributed by atoms with Gasteiger partial charge < -0.3 is 5.11 Å². The Morgan fingerprint density at radius 2 is 1.87 bits per heavy atom. The van der Waals surface area contributed by atoms with Crippen LogP contribution >= 0.6 is 0 Å². The van der Waals surface area contributed by atoms with E-state index in [0.717, 1.165) is 22.3 Å². The number of nitrogens with zero attached hydrogens (tertiary/aromatic N) is 3. The van der Waals surface area contributed by atoms with Gasteiger partial charge in [-0.05, 0) is 42.7 Å². The van der Waals surface area contributed by atoms with Crippen molar-refractivity contribution in [2.75, 3.05) is 0 Å². The van der Waals surface area contributed by atoms with Crippen molar-refractivity contribution in [2.24, 2.45) is 4.99 Å². The summed E-state index contributed by atoms with van der Waals surface area (Å²) in [6.07, 6.45) is -2.91. The van der Waals surface area contributed by atoms with Gasteiger partial charge in [-0.15, -0.1) is 0 Å². The number of nitriles is 1. The summed E-state index contributed by atoms with van der Waals surface area (Å²) in [5.41, 5.74) is -0.380. The van der Waals surface area contributed by atoms with Crippen LogP contribution in [0, 0.1) is 18.3 Å². The van der Waals surface area contributed by atoms with E-state index in [4.69, 9.17) is 0 Å². The molecule has 8 heteroatoms. The quantitative estimate of drug-likeness (QED) is 0.600. The maximum absolute atomic E-state index is 12.9. The van der Waals surface area contributed by atoms with E-state index < -0.39 is 23.2 Å². The van der Waals surface area contributed by atoms with E-state index in [1.54, 1.807) is 0 Å².